The topological polar surface area (TPSA) is 70.5 Å². The molecule has 4 rings (SSSR count). The first-order valence-corrected chi connectivity index (χ1v) is 15.6. The number of para-hydroxylation sites is 1. The Balaban J connectivity index is 1.65. The number of nitrogens with zero attached hydrogens (tertiary/aromatic N) is 4. The molecule has 0 spiro atoms. The number of ketones is 1. The lowest BCUT2D eigenvalue weighted by atomic mass is 10.1. The van der Waals surface area contributed by atoms with Crippen LogP contribution in [0.15, 0.2) is 42.5 Å². The molecule has 2 heterocycles. The Labute approximate surface area is 246 Å². The Kier molecular flexibility index (Phi) is 11.0. The zero-order valence-electron chi connectivity index (χ0n) is 25.8. The van der Waals surface area contributed by atoms with Gasteiger partial charge in [0, 0.05) is 30.8 Å². The van der Waals surface area contributed by atoms with Crippen LogP contribution in [0.1, 0.15) is 93.9 Å². The van der Waals surface area contributed by atoms with E-state index in [9.17, 15) is 9.59 Å². The summed E-state index contributed by atoms with van der Waals surface area (Å²) < 4.78 is 2.19. The van der Waals surface area contributed by atoms with E-state index in [2.05, 4.69) is 42.5 Å². The van der Waals surface area contributed by atoms with Gasteiger partial charge in [0.05, 0.1) is 16.7 Å². The van der Waals surface area contributed by atoms with Gasteiger partial charge in [0.2, 0.25) is 5.95 Å². The van der Waals surface area contributed by atoms with Gasteiger partial charge < -0.3 is 19.7 Å². The molecule has 1 saturated heterocycles. The molecule has 3 aromatic rings. The molecule has 1 aromatic heterocycles. The van der Waals surface area contributed by atoms with Crippen LogP contribution in [0.5, 0.6) is 0 Å². The standard InChI is InChI=1S/C34H49N5O2/c1-25(2)16-22-38(23-17-26(3)4)33(41)28-14-15-31-32(24-28)39(21-11-20-37-18-9-6-10-19-37)34(36-31)35-30-13-8-7-12-29(30)27(5)40/h7-8,12-15,24-26H,6,9-11,16-23H2,1-5H3,(H,35,36). The Morgan fingerprint density at radius 1 is 0.927 bits per heavy atom. The third kappa shape index (κ3) is 8.41. The van der Waals surface area contributed by atoms with Crippen molar-refractivity contribution in [2.45, 2.75) is 79.7 Å². The number of imidazole rings is 1. The molecule has 1 amide bonds. The SMILES string of the molecule is CC(=O)c1ccccc1Nc1nc2ccc(C(=O)N(CCC(C)C)CCC(C)C)cc2n1CCCN1CCCCC1. The highest BCUT2D eigenvalue weighted by Gasteiger charge is 2.20. The van der Waals surface area contributed by atoms with E-state index in [1.165, 1.54) is 32.4 Å². The van der Waals surface area contributed by atoms with E-state index in [4.69, 9.17) is 4.98 Å². The molecule has 0 atom stereocenters. The van der Waals surface area contributed by atoms with Gasteiger partial charge in [-0.2, -0.15) is 0 Å². The molecule has 1 fully saturated rings. The van der Waals surface area contributed by atoms with Crippen molar-refractivity contribution in [3.05, 3.63) is 53.6 Å². The van der Waals surface area contributed by atoms with Gasteiger partial charge in [-0.3, -0.25) is 9.59 Å². The number of hydrogen-bond acceptors (Lipinski definition) is 5. The lowest BCUT2D eigenvalue weighted by Gasteiger charge is -2.26. The molecular formula is C34H49N5O2. The van der Waals surface area contributed by atoms with E-state index in [0.717, 1.165) is 62.2 Å². The molecule has 1 aliphatic rings. The third-order valence-corrected chi connectivity index (χ3v) is 8.09. The Bertz CT molecular complexity index is 1290. The maximum Gasteiger partial charge on any atom is 0.253 e. The summed E-state index contributed by atoms with van der Waals surface area (Å²) >= 11 is 0. The van der Waals surface area contributed by atoms with E-state index >= 15 is 0 Å². The van der Waals surface area contributed by atoms with Crippen molar-refractivity contribution in [3.63, 3.8) is 0 Å². The summed E-state index contributed by atoms with van der Waals surface area (Å²) in [6.45, 7) is 16.1. The minimum Gasteiger partial charge on any atom is -0.339 e. The summed E-state index contributed by atoms with van der Waals surface area (Å²) in [4.78, 5) is 35.6. The van der Waals surface area contributed by atoms with E-state index in [1.807, 2.05) is 47.4 Å². The first kappa shape index (κ1) is 30.8. The summed E-state index contributed by atoms with van der Waals surface area (Å²) in [5, 5.41) is 3.46. The largest absolute Gasteiger partial charge is 0.339 e. The fourth-order valence-electron chi connectivity index (χ4n) is 5.56. The number of piperidine rings is 1. The molecule has 7 heteroatoms. The van der Waals surface area contributed by atoms with E-state index in [-0.39, 0.29) is 11.7 Å². The molecule has 222 valence electrons. The maximum atomic E-state index is 13.8. The molecule has 7 nitrogen and oxygen atoms in total. The quantitative estimate of drug-likeness (QED) is 0.209. The predicted octanol–water partition coefficient (Wildman–Crippen LogP) is 7.39. The number of hydrogen-bond donors (Lipinski definition) is 1. The Morgan fingerprint density at radius 2 is 1.61 bits per heavy atom. The molecule has 2 aromatic carbocycles. The van der Waals surface area contributed by atoms with Crippen LogP contribution in [0, 0.1) is 11.8 Å². The first-order chi connectivity index (χ1) is 19.7. The molecule has 0 aliphatic carbocycles. The molecule has 0 saturated carbocycles. The van der Waals surface area contributed by atoms with Crippen molar-refractivity contribution >= 4 is 34.4 Å². The summed E-state index contributed by atoms with van der Waals surface area (Å²) in [6.07, 6.45) is 6.85. The van der Waals surface area contributed by atoms with Gasteiger partial charge in [0.1, 0.15) is 0 Å². The van der Waals surface area contributed by atoms with Crippen LogP contribution < -0.4 is 5.32 Å². The van der Waals surface area contributed by atoms with Crippen LogP contribution in [0.2, 0.25) is 0 Å². The van der Waals surface area contributed by atoms with E-state index in [0.29, 0.717) is 28.9 Å². The number of aryl methyl sites for hydroxylation is 1. The van der Waals surface area contributed by atoms with Gasteiger partial charge in [-0.15, -0.1) is 0 Å². The summed E-state index contributed by atoms with van der Waals surface area (Å²) in [6, 6.07) is 13.5. The smallest absolute Gasteiger partial charge is 0.253 e. The number of Topliss-reactive ketones (excluding diaryl/α,β-unsaturated/α-hetero) is 1. The van der Waals surface area contributed by atoms with Gasteiger partial charge in [-0.05, 0) is 101 Å². The number of amides is 1. The highest BCUT2D eigenvalue weighted by Crippen LogP contribution is 2.27. The average molecular weight is 560 g/mol. The van der Waals surface area contributed by atoms with Crippen molar-refractivity contribution in [2.24, 2.45) is 11.8 Å². The number of carbonyl (C=O) groups is 2. The first-order valence-electron chi connectivity index (χ1n) is 15.6. The molecule has 0 bridgehead atoms. The number of benzene rings is 2. The Hall–Kier alpha value is -3.19. The third-order valence-electron chi connectivity index (χ3n) is 8.09. The molecular weight excluding hydrogens is 510 g/mol. The van der Waals surface area contributed by atoms with Crippen LogP contribution in [-0.4, -0.2) is 63.8 Å². The number of anilines is 2. The highest BCUT2D eigenvalue weighted by atomic mass is 16.2. The molecule has 1 aliphatic heterocycles. The van der Waals surface area contributed by atoms with Crippen LogP contribution in [0.25, 0.3) is 11.0 Å². The molecule has 41 heavy (non-hydrogen) atoms. The van der Waals surface area contributed by atoms with Gasteiger partial charge in [-0.25, -0.2) is 4.98 Å². The summed E-state index contributed by atoms with van der Waals surface area (Å²) in [5.41, 5.74) is 3.89. The van der Waals surface area contributed by atoms with Crippen LogP contribution in [0.4, 0.5) is 11.6 Å². The van der Waals surface area contributed by atoms with Crippen molar-refractivity contribution < 1.29 is 9.59 Å². The van der Waals surface area contributed by atoms with Gasteiger partial charge in [0.15, 0.2) is 5.78 Å². The van der Waals surface area contributed by atoms with Gasteiger partial charge in [-0.1, -0.05) is 46.2 Å². The zero-order chi connectivity index (χ0) is 29.4. The second-order valence-electron chi connectivity index (χ2n) is 12.4. The van der Waals surface area contributed by atoms with Crippen molar-refractivity contribution in [2.75, 3.05) is 38.0 Å². The Morgan fingerprint density at radius 3 is 2.27 bits per heavy atom. The van der Waals surface area contributed by atoms with Crippen molar-refractivity contribution in [3.8, 4) is 0 Å². The number of rotatable bonds is 14. The molecule has 0 unspecified atom stereocenters. The lowest BCUT2D eigenvalue weighted by Crippen LogP contribution is -2.34. The fraction of sp³-hybridized carbons (Fsp3) is 0.559. The zero-order valence-corrected chi connectivity index (χ0v) is 25.8. The number of nitrogens with one attached hydrogen (secondary N) is 1. The fourth-order valence-corrected chi connectivity index (χ4v) is 5.56. The number of fused-ring (bicyclic) bond motifs is 1. The molecule has 0 radical (unpaired) electrons. The van der Waals surface area contributed by atoms with Crippen LogP contribution in [0.3, 0.4) is 0 Å². The normalized spacial score (nSPS) is 14.2. The monoisotopic (exact) mass is 559 g/mol. The van der Waals surface area contributed by atoms with Gasteiger partial charge >= 0.3 is 0 Å². The van der Waals surface area contributed by atoms with Crippen LogP contribution in [-0.2, 0) is 6.54 Å². The second-order valence-corrected chi connectivity index (χ2v) is 12.4. The lowest BCUT2D eigenvalue weighted by molar-refractivity contribution is 0.0740. The summed E-state index contributed by atoms with van der Waals surface area (Å²) in [7, 11) is 0. The number of aromatic nitrogens is 2. The predicted molar refractivity (Wildman–Crippen MR) is 169 cm³/mol. The minimum atomic E-state index is 0.0108. The highest BCUT2D eigenvalue weighted by molar-refractivity contribution is 6.00. The van der Waals surface area contributed by atoms with E-state index < -0.39 is 0 Å². The van der Waals surface area contributed by atoms with E-state index in [1.54, 1.807) is 6.92 Å². The number of likely N-dealkylation sites (tertiary alicyclic amines) is 1. The summed E-state index contributed by atoms with van der Waals surface area (Å²) in [5.74, 6) is 1.88. The van der Waals surface area contributed by atoms with Crippen molar-refractivity contribution in [1.29, 1.82) is 0 Å². The van der Waals surface area contributed by atoms with Crippen molar-refractivity contribution in [1.82, 2.24) is 19.4 Å². The number of carbonyl (C=O) groups excluding carboxylic acids is 2. The minimum absolute atomic E-state index is 0.0108. The van der Waals surface area contributed by atoms with Gasteiger partial charge in [0.25, 0.3) is 5.91 Å². The van der Waals surface area contributed by atoms with Crippen LogP contribution >= 0.6 is 0 Å². The second kappa shape index (κ2) is 14.6. The molecule has 1 N–H and O–H groups in total. The maximum absolute atomic E-state index is 13.8. The average Bonchev–Trinajstić information content (AvgIpc) is 3.29.